The molecule has 0 bridgehead atoms. The monoisotopic (exact) mass is 344 g/mol. The van der Waals surface area contributed by atoms with Crippen LogP contribution in [0.15, 0.2) is 28.8 Å². The second kappa shape index (κ2) is 6.62. The van der Waals surface area contributed by atoms with Gasteiger partial charge in [-0.25, -0.2) is 4.79 Å². The number of cyclic esters (lactones) is 1. The van der Waals surface area contributed by atoms with Crippen LogP contribution in [0.3, 0.4) is 0 Å². The summed E-state index contributed by atoms with van der Waals surface area (Å²) in [6.45, 7) is 0.0868. The van der Waals surface area contributed by atoms with Crippen molar-refractivity contribution in [3.8, 4) is 17.2 Å². The minimum Gasteiger partial charge on any atom is -0.496 e. The number of rotatable bonds is 6. The minimum atomic E-state index is -0.763. The van der Waals surface area contributed by atoms with Crippen LogP contribution in [0.1, 0.15) is 0 Å². The molecule has 2 rings (SSSR count). The maximum absolute atomic E-state index is 11.0. The summed E-state index contributed by atoms with van der Waals surface area (Å²) in [7, 11) is 3.05. The first-order valence-corrected chi connectivity index (χ1v) is 6.48. The average molecular weight is 345 g/mol. The van der Waals surface area contributed by atoms with Crippen molar-refractivity contribution < 1.29 is 28.5 Å². The number of halogens is 1. The Kier molecular flexibility index (Phi) is 4.86. The van der Waals surface area contributed by atoms with Crippen molar-refractivity contribution in [2.45, 2.75) is 6.29 Å². The lowest BCUT2D eigenvalue weighted by atomic mass is 10.3. The maximum atomic E-state index is 11.0. The van der Waals surface area contributed by atoms with Gasteiger partial charge in [-0.3, -0.25) is 0 Å². The highest BCUT2D eigenvalue weighted by molar-refractivity contribution is 9.10. The Morgan fingerprint density at radius 2 is 2.05 bits per heavy atom. The highest BCUT2D eigenvalue weighted by Crippen LogP contribution is 2.39. The van der Waals surface area contributed by atoms with Crippen molar-refractivity contribution in [2.75, 3.05) is 21.0 Å². The number of methoxy groups -OCH3 is 2. The predicted molar refractivity (Wildman–Crippen MR) is 72.8 cm³/mol. The number of carbonyl (C=O) groups is 1. The Morgan fingerprint density at radius 3 is 2.65 bits per heavy atom. The van der Waals surface area contributed by atoms with Gasteiger partial charge in [0.2, 0.25) is 0 Å². The number of ether oxygens (including phenoxy) is 5. The lowest BCUT2D eigenvalue weighted by Crippen LogP contribution is -2.16. The second-order valence-electron chi connectivity index (χ2n) is 3.77. The SMILES string of the molecule is COCOc1cc(OC)cc(OC2C=CC(=O)O2)c1Br. The number of esters is 1. The van der Waals surface area contributed by atoms with Gasteiger partial charge in [-0.2, -0.15) is 0 Å². The van der Waals surface area contributed by atoms with Crippen LogP contribution in [-0.4, -0.2) is 33.3 Å². The van der Waals surface area contributed by atoms with Crippen molar-refractivity contribution in [2.24, 2.45) is 0 Å². The zero-order chi connectivity index (χ0) is 14.5. The number of carbonyl (C=O) groups excluding carboxylic acids is 1. The highest BCUT2D eigenvalue weighted by Gasteiger charge is 2.21. The van der Waals surface area contributed by atoms with Gasteiger partial charge < -0.3 is 23.7 Å². The topological polar surface area (TPSA) is 63.2 Å². The summed E-state index contributed by atoms with van der Waals surface area (Å²) < 4.78 is 26.5. The van der Waals surface area contributed by atoms with Crippen molar-refractivity contribution in [1.82, 2.24) is 0 Å². The van der Waals surface area contributed by atoms with Crippen LogP contribution in [-0.2, 0) is 14.3 Å². The van der Waals surface area contributed by atoms with E-state index in [0.29, 0.717) is 21.7 Å². The molecule has 0 radical (unpaired) electrons. The summed E-state index contributed by atoms with van der Waals surface area (Å²) in [5.74, 6) is 1.03. The Bertz CT molecular complexity index is 528. The molecule has 6 nitrogen and oxygen atoms in total. The Balaban J connectivity index is 2.21. The maximum Gasteiger partial charge on any atom is 0.334 e. The molecule has 0 aromatic heterocycles. The molecule has 108 valence electrons. The van der Waals surface area contributed by atoms with E-state index in [4.69, 9.17) is 23.7 Å². The molecule has 1 aliphatic heterocycles. The molecule has 1 aliphatic rings. The summed E-state index contributed by atoms with van der Waals surface area (Å²) in [5.41, 5.74) is 0. The zero-order valence-electron chi connectivity index (χ0n) is 10.9. The fourth-order valence-corrected chi connectivity index (χ4v) is 1.95. The van der Waals surface area contributed by atoms with Crippen LogP contribution in [0.5, 0.6) is 17.2 Å². The molecule has 0 aliphatic carbocycles. The normalized spacial score (nSPS) is 16.9. The molecule has 7 heteroatoms. The highest BCUT2D eigenvalue weighted by atomic mass is 79.9. The van der Waals surface area contributed by atoms with Gasteiger partial charge in [0.15, 0.2) is 6.79 Å². The zero-order valence-corrected chi connectivity index (χ0v) is 12.5. The largest absolute Gasteiger partial charge is 0.496 e. The van der Waals surface area contributed by atoms with Crippen molar-refractivity contribution in [1.29, 1.82) is 0 Å². The van der Waals surface area contributed by atoms with Crippen LogP contribution in [0.2, 0.25) is 0 Å². The van der Waals surface area contributed by atoms with Crippen molar-refractivity contribution in [3.05, 3.63) is 28.8 Å². The van der Waals surface area contributed by atoms with Gasteiger partial charge >= 0.3 is 5.97 Å². The molecular formula is C13H13BrO6. The van der Waals surface area contributed by atoms with E-state index in [-0.39, 0.29) is 6.79 Å². The quantitative estimate of drug-likeness (QED) is 0.582. The standard InChI is InChI=1S/C13H13BrO6/c1-16-7-18-9-5-8(17-2)6-10(13(9)14)19-12-4-3-11(15)20-12/h3-6,12H,7H2,1-2H3. The molecule has 20 heavy (non-hydrogen) atoms. The number of hydrogen-bond donors (Lipinski definition) is 0. The van der Waals surface area contributed by atoms with E-state index in [1.807, 2.05) is 0 Å². The molecule has 0 amide bonds. The summed E-state index contributed by atoms with van der Waals surface area (Å²) in [5, 5.41) is 0. The number of benzene rings is 1. The predicted octanol–water partition coefficient (Wildman–Crippen LogP) is 2.26. The van der Waals surface area contributed by atoms with E-state index < -0.39 is 12.3 Å². The molecule has 1 aromatic rings. The molecule has 0 fully saturated rings. The first kappa shape index (κ1) is 14.7. The van der Waals surface area contributed by atoms with E-state index in [0.717, 1.165) is 0 Å². The van der Waals surface area contributed by atoms with Gasteiger partial charge in [-0.15, -0.1) is 0 Å². The fourth-order valence-electron chi connectivity index (χ4n) is 1.52. The van der Waals surface area contributed by atoms with Crippen LogP contribution in [0.4, 0.5) is 0 Å². The van der Waals surface area contributed by atoms with Gasteiger partial charge in [0, 0.05) is 31.4 Å². The van der Waals surface area contributed by atoms with Crippen LogP contribution in [0.25, 0.3) is 0 Å². The second-order valence-corrected chi connectivity index (χ2v) is 4.56. The third-order valence-electron chi connectivity index (χ3n) is 2.41. The van der Waals surface area contributed by atoms with Crippen molar-refractivity contribution in [3.63, 3.8) is 0 Å². The van der Waals surface area contributed by atoms with Gasteiger partial charge in [-0.1, -0.05) is 0 Å². The molecule has 0 spiro atoms. The van der Waals surface area contributed by atoms with Crippen LogP contribution < -0.4 is 14.2 Å². The van der Waals surface area contributed by atoms with Gasteiger partial charge in [0.05, 0.1) is 7.11 Å². The van der Waals surface area contributed by atoms with E-state index in [9.17, 15) is 4.79 Å². The van der Waals surface area contributed by atoms with E-state index in [2.05, 4.69) is 15.9 Å². The van der Waals surface area contributed by atoms with Crippen LogP contribution >= 0.6 is 15.9 Å². The molecule has 0 saturated carbocycles. The molecule has 1 heterocycles. The van der Waals surface area contributed by atoms with Gasteiger partial charge in [-0.05, 0) is 15.9 Å². The minimum absolute atomic E-state index is 0.0868. The fraction of sp³-hybridized carbons (Fsp3) is 0.308. The summed E-state index contributed by atoms with van der Waals surface area (Å²) >= 11 is 3.37. The molecule has 1 unspecified atom stereocenters. The Labute approximate surface area is 124 Å². The Hall–Kier alpha value is -1.73. The molecule has 0 saturated heterocycles. The smallest absolute Gasteiger partial charge is 0.334 e. The van der Waals surface area contributed by atoms with E-state index >= 15 is 0 Å². The first-order valence-electron chi connectivity index (χ1n) is 5.68. The third kappa shape index (κ3) is 3.43. The van der Waals surface area contributed by atoms with Crippen molar-refractivity contribution >= 4 is 21.9 Å². The first-order chi connectivity index (χ1) is 9.63. The molecular weight excluding hydrogens is 332 g/mol. The number of hydrogen-bond acceptors (Lipinski definition) is 6. The van der Waals surface area contributed by atoms with Gasteiger partial charge in [0.25, 0.3) is 6.29 Å². The van der Waals surface area contributed by atoms with E-state index in [1.54, 1.807) is 12.1 Å². The lowest BCUT2D eigenvalue weighted by Gasteiger charge is -2.16. The molecule has 1 atom stereocenters. The van der Waals surface area contributed by atoms with Gasteiger partial charge in [0.1, 0.15) is 21.7 Å². The Morgan fingerprint density at radius 1 is 1.30 bits per heavy atom. The average Bonchev–Trinajstić information content (AvgIpc) is 2.85. The summed E-state index contributed by atoms with van der Waals surface area (Å²) in [6, 6.07) is 3.34. The molecule has 0 N–H and O–H groups in total. The van der Waals surface area contributed by atoms with E-state index in [1.165, 1.54) is 26.4 Å². The lowest BCUT2D eigenvalue weighted by molar-refractivity contribution is -0.147. The summed E-state index contributed by atoms with van der Waals surface area (Å²) in [4.78, 5) is 11.0. The van der Waals surface area contributed by atoms with Crippen LogP contribution in [0, 0.1) is 0 Å². The third-order valence-corrected chi connectivity index (χ3v) is 3.19. The summed E-state index contributed by atoms with van der Waals surface area (Å²) in [6.07, 6.45) is 2.06. The molecule has 1 aromatic carbocycles.